The second-order valence-corrected chi connectivity index (χ2v) is 5.51. The van der Waals surface area contributed by atoms with Crippen molar-refractivity contribution in [2.75, 3.05) is 6.54 Å². The topological polar surface area (TPSA) is 62.0 Å². The van der Waals surface area contributed by atoms with Gasteiger partial charge in [-0.25, -0.2) is 0 Å². The molecule has 0 atom stereocenters. The van der Waals surface area contributed by atoms with Crippen LogP contribution in [0.2, 0.25) is 0 Å². The SMILES string of the molecule is CCc1[nH]c(=O)c(C(=O)NCC2CC2)cc1I. The predicted molar refractivity (Wildman–Crippen MR) is 74.2 cm³/mol. The molecule has 1 aromatic heterocycles. The summed E-state index contributed by atoms with van der Waals surface area (Å²) in [5.41, 5.74) is 0.803. The number of halogens is 1. The first-order valence-electron chi connectivity index (χ1n) is 5.81. The zero-order valence-electron chi connectivity index (χ0n) is 9.68. The van der Waals surface area contributed by atoms with Crippen molar-refractivity contribution in [1.82, 2.24) is 10.3 Å². The zero-order chi connectivity index (χ0) is 12.4. The van der Waals surface area contributed by atoms with Crippen molar-refractivity contribution < 1.29 is 4.79 Å². The third-order valence-corrected chi connectivity index (χ3v) is 3.88. The Balaban J connectivity index is 2.16. The van der Waals surface area contributed by atoms with Gasteiger partial charge in [0.2, 0.25) is 0 Å². The van der Waals surface area contributed by atoms with Crippen LogP contribution < -0.4 is 10.9 Å². The van der Waals surface area contributed by atoms with E-state index in [4.69, 9.17) is 0 Å². The lowest BCUT2D eigenvalue weighted by atomic mass is 10.2. The van der Waals surface area contributed by atoms with Gasteiger partial charge in [-0.1, -0.05) is 6.92 Å². The molecular weight excluding hydrogens is 331 g/mol. The van der Waals surface area contributed by atoms with Crippen molar-refractivity contribution in [3.8, 4) is 0 Å². The van der Waals surface area contributed by atoms with Crippen molar-refractivity contribution in [2.45, 2.75) is 26.2 Å². The van der Waals surface area contributed by atoms with Crippen molar-refractivity contribution in [1.29, 1.82) is 0 Å². The quantitative estimate of drug-likeness (QED) is 0.815. The van der Waals surface area contributed by atoms with E-state index in [2.05, 4.69) is 32.9 Å². The van der Waals surface area contributed by atoms with Crippen LogP contribution in [0, 0.1) is 9.49 Å². The molecule has 1 aromatic rings. The van der Waals surface area contributed by atoms with Crippen LogP contribution in [0.3, 0.4) is 0 Å². The fourth-order valence-electron chi connectivity index (χ4n) is 1.62. The number of hydrogen-bond acceptors (Lipinski definition) is 2. The maximum absolute atomic E-state index is 11.8. The Bertz CT molecular complexity index is 492. The zero-order valence-corrected chi connectivity index (χ0v) is 11.8. The van der Waals surface area contributed by atoms with Crippen LogP contribution in [0.15, 0.2) is 10.9 Å². The lowest BCUT2D eigenvalue weighted by Crippen LogP contribution is -2.31. The van der Waals surface area contributed by atoms with Crippen LogP contribution in [-0.2, 0) is 6.42 Å². The summed E-state index contributed by atoms with van der Waals surface area (Å²) in [4.78, 5) is 26.3. The van der Waals surface area contributed by atoms with Gasteiger partial charge in [0.1, 0.15) is 5.56 Å². The van der Waals surface area contributed by atoms with Gasteiger partial charge in [-0.15, -0.1) is 0 Å². The molecule has 0 radical (unpaired) electrons. The maximum Gasteiger partial charge on any atom is 0.261 e. The van der Waals surface area contributed by atoms with Crippen LogP contribution >= 0.6 is 22.6 Å². The minimum Gasteiger partial charge on any atom is -0.352 e. The summed E-state index contributed by atoms with van der Waals surface area (Å²) in [7, 11) is 0. The molecule has 1 fully saturated rings. The van der Waals surface area contributed by atoms with Crippen molar-refractivity contribution in [3.63, 3.8) is 0 Å². The van der Waals surface area contributed by atoms with E-state index in [1.54, 1.807) is 6.07 Å². The van der Waals surface area contributed by atoms with Crippen LogP contribution in [-0.4, -0.2) is 17.4 Å². The summed E-state index contributed by atoms with van der Waals surface area (Å²) in [6.07, 6.45) is 3.13. The van der Waals surface area contributed by atoms with E-state index in [1.807, 2.05) is 6.92 Å². The van der Waals surface area contributed by atoms with Gasteiger partial charge in [-0.3, -0.25) is 9.59 Å². The predicted octanol–water partition coefficient (Wildman–Crippen LogP) is 1.68. The molecule has 92 valence electrons. The van der Waals surface area contributed by atoms with Gasteiger partial charge in [0.05, 0.1) is 0 Å². The van der Waals surface area contributed by atoms with E-state index >= 15 is 0 Å². The molecule has 4 nitrogen and oxygen atoms in total. The van der Waals surface area contributed by atoms with Crippen LogP contribution in [0.1, 0.15) is 35.8 Å². The van der Waals surface area contributed by atoms with Gasteiger partial charge in [0.25, 0.3) is 11.5 Å². The van der Waals surface area contributed by atoms with Crippen molar-refractivity contribution in [2.24, 2.45) is 5.92 Å². The van der Waals surface area contributed by atoms with Gasteiger partial charge < -0.3 is 10.3 Å². The van der Waals surface area contributed by atoms with E-state index in [0.29, 0.717) is 12.5 Å². The largest absolute Gasteiger partial charge is 0.352 e. The molecular formula is C12H15IN2O2. The van der Waals surface area contributed by atoms with Gasteiger partial charge in [0.15, 0.2) is 0 Å². The number of pyridine rings is 1. The van der Waals surface area contributed by atoms with Gasteiger partial charge in [0, 0.05) is 15.8 Å². The molecule has 0 saturated heterocycles. The minimum absolute atomic E-state index is 0.215. The molecule has 1 aliphatic rings. The van der Waals surface area contributed by atoms with Crippen molar-refractivity contribution in [3.05, 3.63) is 31.2 Å². The lowest BCUT2D eigenvalue weighted by molar-refractivity contribution is 0.0950. The van der Waals surface area contributed by atoms with E-state index < -0.39 is 0 Å². The van der Waals surface area contributed by atoms with E-state index in [0.717, 1.165) is 15.7 Å². The molecule has 0 aromatic carbocycles. The summed E-state index contributed by atoms with van der Waals surface area (Å²) in [6.45, 7) is 2.66. The number of amides is 1. The average molecular weight is 346 g/mol. The highest BCUT2D eigenvalue weighted by Crippen LogP contribution is 2.27. The van der Waals surface area contributed by atoms with E-state index in [9.17, 15) is 9.59 Å². The molecule has 5 heteroatoms. The number of rotatable bonds is 4. The number of H-pyrrole nitrogens is 1. The third-order valence-electron chi connectivity index (χ3n) is 2.91. The monoisotopic (exact) mass is 346 g/mol. The Labute approximate surface area is 113 Å². The summed E-state index contributed by atoms with van der Waals surface area (Å²) in [5.74, 6) is 0.353. The molecule has 2 rings (SSSR count). The number of carbonyl (C=O) groups excluding carboxylic acids is 1. The summed E-state index contributed by atoms with van der Waals surface area (Å²) in [6, 6.07) is 1.67. The molecule has 0 unspecified atom stereocenters. The van der Waals surface area contributed by atoms with Gasteiger partial charge >= 0.3 is 0 Å². The van der Waals surface area contributed by atoms with Crippen molar-refractivity contribution >= 4 is 28.5 Å². The second-order valence-electron chi connectivity index (χ2n) is 4.35. The molecule has 1 aliphatic carbocycles. The average Bonchev–Trinajstić information content (AvgIpc) is 3.12. The highest BCUT2D eigenvalue weighted by atomic mass is 127. The molecule has 1 saturated carbocycles. The molecule has 1 heterocycles. The fourth-order valence-corrected chi connectivity index (χ4v) is 2.45. The standard InChI is InChI=1S/C12H15IN2O2/c1-2-10-9(13)5-8(12(17)15-10)11(16)14-6-7-3-4-7/h5,7H,2-4,6H2,1H3,(H,14,16)(H,15,17). The summed E-state index contributed by atoms with van der Waals surface area (Å²) < 4.78 is 0.932. The maximum atomic E-state index is 11.8. The van der Waals surface area contributed by atoms with Crippen LogP contribution in [0.5, 0.6) is 0 Å². The molecule has 0 spiro atoms. The fraction of sp³-hybridized carbons (Fsp3) is 0.500. The third kappa shape index (κ3) is 3.08. The Morgan fingerprint density at radius 3 is 2.88 bits per heavy atom. The first kappa shape index (κ1) is 12.6. The van der Waals surface area contributed by atoms with Gasteiger partial charge in [-0.05, 0) is 53.8 Å². The number of nitrogens with one attached hydrogen (secondary N) is 2. The van der Waals surface area contributed by atoms with Gasteiger partial charge in [-0.2, -0.15) is 0 Å². The Morgan fingerprint density at radius 1 is 1.59 bits per heavy atom. The summed E-state index contributed by atoms with van der Waals surface area (Å²) >= 11 is 2.14. The minimum atomic E-state index is -0.296. The number of aryl methyl sites for hydroxylation is 1. The number of hydrogen-bond donors (Lipinski definition) is 2. The molecule has 2 N–H and O–H groups in total. The Hall–Kier alpha value is -0.850. The van der Waals surface area contributed by atoms with E-state index in [-0.39, 0.29) is 17.0 Å². The smallest absolute Gasteiger partial charge is 0.261 e. The second kappa shape index (κ2) is 5.20. The number of carbonyl (C=O) groups is 1. The summed E-state index contributed by atoms with van der Waals surface area (Å²) in [5, 5.41) is 2.80. The Morgan fingerprint density at radius 2 is 2.29 bits per heavy atom. The molecule has 17 heavy (non-hydrogen) atoms. The lowest BCUT2D eigenvalue weighted by Gasteiger charge is -2.06. The number of aromatic nitrogens is 1. The first-order chi connectivity index (χ1) is 8.11. The normalized spacial score (nSPS) is 14.7. The van der Waals surface area contributed by atoms with Crippen LogP contribution in [0.25, 0.3) is 0 Å². The van der Waals surface area contributed by atoms with E-state index in [1.165, 1.54) is 12.8 Å². The Kier molecular flexibility index (Phi) is 3.86. The molecule has 0 bridgehead atoms. The molecule has 1 amide bonds. The highest BCUT2D eigenvalue weighted by Gasteiger charge is 2.22. The first-order valence-corrected chi connectivity index (χ1v) is 6.89. The number of aromatic amines is 1. The molecule has 0 aliphatic heterocycles. The highest BCUT2D eigenvalue weighted by molar-refractivity contribution is 14.1. The van der Waals surface area contributed by atoms with Crippen LogP contribution in [0.4, 0.5) is 0 Å².